The summed E-state index contributed by atoms with van der Waals surface area (Å²) in [7, 11) is 0. The largest absolute Gasteiger partial charge is 0.341 e. The second-order valence-corrected chi connectivity index (χ2v) is 8.66. The fourth-order valence-corrected chi connectivity index (χ4v) is 4.48. The van der Waals surface area contributed by atoms with E-state index in [2.05, 4.69) is 63.1 Å². The third-order valence-corrected chi connectivity index (χ3v) is 6.10. The summed E-state index contributed by atoms with van der Waals surface area (Å²) < 4.78 is 0. The number of hydrogen-bond donors (Lipinski definition) is 0. The van der Waals surface area contributed by atoms with E-state index in [1.807, 2.05) is 37.5 Å². The Morgan fingerprint density at radius 2 is 1.72 bits per heavy atom. The standard InChI is InChI=1S/C27H32N4O/c1-3-15-31-17-16-30(20-26-6-4-5-21(2)29-26)19-25(27(31)32)18-22-7-9-23(10-8-22)24-11-13-28-14-12-24/h4-14,25H,3,15-20H2,1-2H3/t25-/m1/s1. The van der Waals surface area contributed by atoms with Crippen LogP contribution in [0.3, 0.4) is 0 Å². The minimum atomic E-state index is -0.0411. The molecule has 1 saturated heterocycles. The van der Waals surface area contributed by atoms with Crippen molar-refractivity contribution in [2.45, 2.75) is 33.2 Å². The van der Waals surface area contributed by atoms with E-state index in [0.29, 0.717) is 0 Å². The Hall–Kier alpha value is -3.05. The normalized spacial score (nSPS) is 17.4. The molecule has 0 spiro atoms. The number of carbonyl (C=O) groups excluding carboxylic acids is 1. The van der Waals surface area contributed by atoms with Gasteiger partial charge in [-0.1, -0.05) is 37.3 Å². The number of aryl methyl sites for hydroxylation is 1. The van der Waals surface area contributed by atoms with Crippen LogP contribution in [0.2, 0.25) is 0 Å². The molecule has 5 nitrogen and oxygen atoms in total. The molecule has 0 radical (unpaired) electrons. The summed E-state index contributed by atoms with van der Waals surface area (Å²) in [4.78, 5) is 26.6. The number of amides is 1. The van der Waals surface area contributed by atoms with Crippen LogP contribution in [0.4, 0.5) is 0 Å². The number of rotatable bonds is 7. The first-order valence-corrected chi connectivity index (χ1v) is 11.6. The third kappa shape index (κ3) is 5.60. The maximum absolute atomic E-state index is 13.4. The zero-order valence-corrected chi connectivity index (χ0v) is 19.1. The topological polar surface area (TPSA) is 49.3 Å². The van der Waals surface area contributed by atoms with Crippen LogP contribution >= 0.6 is 0 Å². The molecular formula is C27H32N4O. The molecule has 5 heteroatoms. The molecule has 0 aliphatic carbocycles. The van der Waals surface area contributed by atoms with E-state index in [4.69, 9.17) is 0 Å². The van der Waals surface area contributed by atoms with Crippen LogP contribution in [0.25, 0.3) is 11.1 Å². The van der Waals surface area contributed by atoms with Gasteiger partial charge in [0.15, 0.2) is 0 Å². The van der Waals surface area contributed by atoms with E-state index in [0.717, 1.165) is 62.5 Å². The fraction of sp³-hybridized carbons (Fsp3) is 0.370. The number of aromatic nitrogens is 2. The second kappa shape index (κ2) is 10.5. The molecule has 1 aliphatic rings. The lowest BCUT2D eigenvalue weighted by Gasteiger charge is -2.24. The zero-order chi connectivity index (χ0) is 22.3. The SMILES string of the molecule is CCCN1CCN(Cc2cccc(C)n2)C[C@@H](Cc2ccc(-c3ccncc3)cc2)C1=O. The maximum atomic E-state index is 13.4. The smallest absolute Gasteiger partial charge is 0.227 e. The molecule has 1 atom stereocenters. The van der Waals surface area contributed by atoms with Gasteiger partial charge in [0.1, 0.15) is 0 Å². The Kier molecular flexibility index (Phi) is 7.28. The predicted molar refractivity (Wildman–Crippen MR) is 128 cm³/mol. The van der Waals surface area contributed by atoms with Gasteiger partial charge in [-0.05, 0) is 60.7 Å². The van der Waals surface area contributed by atoms with E-state index in [1.54, 1.807) is 0 Å². The second-order valence-electron chi connectivity index (χ2n) is 8.66. The van der Waals surface area contributed by atoms with Gasteiger partial charge < -0.3 is 4.90 Å². The van der Waals surface area contributed by atoms with Crippen LogP contribution in [-0.2, 0) is 17.8 Å². The van der Waals surface area contributed by atoms with Crippen molar-refractivity contribution in [1.82, 2.24) is 19.8 Å². The average molecular weight is 429 g/mol. The molecule has 0 saturated carbocycles. The molecule has 4 rings (SSSR count). The Balaban J connectivity index is 1.50. The van der Waals surface area contributed by atoms with E-state index in [1.165, 1.54) is 11.1 Å². The highest BCUT2D eigenvalue weighted by Gasteiger charge is 2.30. The lowest BCUT2D eigenvalue weighted by molar-refractivity contribution is -0.134. The van der Waals surface area contributed by atoms with Crippen LogP contribution in [0.5, 0.6) is 0 Å². The minimum absolute atomic E-state index is 0.0411. The van der Waals surface area contributed by atoms with Gasteiger partial charge in [-0.25, -0.2) is 0 Å². The molecule has 3 heterocycles. The molecule has 0 N–H and O–H groups in total. The Morgan fingerprint density at radius 1 is 0.969 bits per heavy atom. The highest BCUT2D eigenvalue weighted by molar-refractivity contribution is 5.79. The van der Waals surface area contributed by atoms with Gasteiger partial charge in [0.25, 0.3) is 0 Å². The van der Waals surface area contributed by atoms with Crippen molar-refractivity contribution in [3.05, 3.63) is 83.9 Å². The number of pyridine rings is 2. The van der Waals surface area contributed by atoms with Crippen molar-refractivity contribution >= 4 is 5.91 Å². The van der Waals surface area contributed by atoms with Crippen LogP contribution in [-0.4, -0.2) is 51.9 Å². The quantitative estimate of drug-likeness (QED) is 0.561. The monoisotopic (exact) mass is 428 g/mol. The molecule has 32 heavy (non-hydrogen) atoms. The first-order chi connectivity index (χ1) is 15.6. The van der Waals surface area contributed by atoms with Crippen LogP contribution < -0.4 is 0 Å². The van der Waals surface area contributed by atoms with Gasteiger partial charge in [0.05, 0.1) is 11.6 Å². The molecule has 1 amide bonds. The molecule has 1 fully saturated rings. The summed E-state index contributed by atoms with van der Waals surface area (Å²) in [5.74, 6) is 0.241. The first kappa shape index (κ1) is 22.2. The molecular weight excluding hydrogens is 396 g/mol. The Labute approximate surface area is 191 Å². The number of benzene rings is 1. The van der Waals surface area contributed by atoms with E-state index in [-0.39, 0.29) is 11.8 Å². The van der Waals surface area contributed by atoms with Crippen molar-refractivity contribution in [3.8, 4) is 11.1 Å². The van der Waals surface area contributed by atoms with Crippen molar-refractivity contribution in [2.24, 2.45) is 5.92 Å². The summed E-state index contributed by atoms with van der Waals surface area (Å²) in [6.07, 6.45) is 5.37. The highest BCUT2D eigenvalue weighted by Crippen LogP contribution is 2.22. The van der Waals surface area contributed by atoms with Crippen LogP contribution in [0.1, 0.15) is 30.3 Å². The number of hydrogen-bond acceptors (Lipinski definition) is 4. The van der Waals surface area contributed by atoms with Crippen LogP contribution in [0, 0.1) is 12.8 Å². The van der Waals surface area contributed by atoms with Gasteiger partial charge in [-0.3, -0.25) is 19.7 Å². The molecule has 1 aliphatic heterocycles. The highest BCUT2D eigenvalue weighted by atomic mass is 16.2. The van der Waals surface area contributed by atoms with Crippen molar-refractivity contribution in [3.63, 3.8) is 0 Å². The van der Waals surface area contributed by atoms with Gasteiger partial charge in [-0.15, -0.1) is 0 Å². The van der Waals surface area contributed by atoms with Crippen molar-refractivity contribution < 1.29 is 4.79 Å². The summed E-state index contributed by atoms with van der Waals surface area (Å²) in [5.41, 5.74) is 5.63. The maximum Gasteiger partial charge on any atom is 0.227 e. The van der Waals surface area contributed by atoms with Gasteiger partial charge in [0, 0.05) is 50.8 Å². The molecule has 166 valence electrons. The average Bonchev–Trinajstić information content (AvgIpc) is 2.95. The summed E-state index contributed by atoms with van der Waals surface area (Å²) in [5, 5.41) is 0. The molecule has 2 aromatic heterocycles. The Bertz CT molecular complexity index is 1020. The third-order valence-electron chi connectivity index (χ3n) is 6.10. The summed E-state index contributed by atoms with van der Waals surface area (Å²) >= 11 is 0. The minimum Gasteiger partial charge on any atom is -0.341 e. The van der Waals surface area contributed by atoms with Crippen molar-refractivity contribution in [2.75, 3.05) is 26.2 Å². The van der Waals surface area contributed by atoms with Crippen molar-refractivity contribution in [1.29, 1.82) is 0 Å². The molecule has 0 unspecified atom stereocenters. The van der Waals surface area contributed by atoms with E-state index >= 15 is 0 Å². The van der Waals surface area contributed by atoms with Gasteiger partial charge in [-0.2, -0.15) is 0 Å². The van der Waals surface area contributed by atoms with Gasteiger partial charge in [0.2, 0.25) is 5.91 Å². The lowest BCUT2D eigenvalue weighted by Crippen LogP contribution is -2.37. The lowest BCUT2D eigenvalue weighted by atomic mass is 9.95. The van der Waals surface area contributed by atoms with Crippen LogP contribution in [0.15, 0.2) is 67.0 Å². The number of carbonyl (C=O) groups is 1. The van der Waals surface area contributed by atoms with Gasteiger partial charge >= 0.3 is 0 Å². The van der Waals surface area contributed by atoms with E-state index in [9.17, 15) is 4.79 Å². The number of nitrogens with zero attached hydrogens (tertiary/aromatic N) is 4. The van der Waals surface area contributed by atoms with E-state index < -0.39 is 0 Å². The first-order valence-electron chi connectivity index (χ1n) is 11.6. The zero-order valence-electron chi connectivity index (χ0n) is 19.1. The molecule has 1 aromatic carbocycles. The summed E-state index contributed by atoms with van der Waals surface area (Å²) in [6.45, 7) is 8.21. The fourth-order valence-electron chi connectivity index (χ4n) is 4.48. The molecule has 3 aromatic rings. The predicted octanol–water partition coefficient (Wildman–Crippen LogP) is 4.37. The summed E-state index contributed by atoms with van der Waals surface area (Å²) in [6, 6.07) is 18.8. The Morgan fingerprint density at radius 3 is 2.44 bits per heavy atom. The molecule has 0 bridgehead atoms.